The van der Waals surface area contributed by atoms with Crippen LogP contribution in [0.1, 0.15) is 34.1 Å². The molecule has 6 heteroatoms. The molecule has 0 fully saturated rings. The van der Waals surface area contributed by atoms with Crippen molar-refractivity contribution < 1.29 is 9.59 Å². The fourth-order valence-electron chi connectivity index (χ4n) is 2.82. The summed E-state index contributed by atoms with van der Waals surface area (Å²) < 4.78 is 0. The molecule has 0 aromatic heterocycles. The lowest BCUT2D eigenvalue weighted by Crippen LogP contribution is -2.47. The molecule has 5 nitrogen and oxygen atoms in total. The number of fused-ring (bicyclic) bond motifs is 1. The molecule has 0 bridgehead atoms. The third-order valence-corrected chi connectivity index (χ3v) is 5.11. The third kappa shape index (κ3) is 6.04. The van der Waals surface area contributed by atoms with E-state index in [4.69, 9.17) is 0 Å². The molecule has 0 saturated heterocycles. The van der Waals surface area contributed by atoms with Crippen LogP contribution in [0.5, 0.6) is 0 Å². The van der Waals surface area contributed by atoms with Crippen LogP contribution in [0.25, 0.3) is 0 Å². The summed E-state index contributed by atoms with van der Waals surface area (Å²) in [6.07, 6.45) is 0.958. The van der Waals surface area contributed by atoms with Crippen molar-refractivity contribution in [2.75, 3.05) is 31.6 Å². The maximum absolute atomic E-state index is 12.8. The average Bonchev–Trinajstić information content (AvgIpc) is 2.62. The van der Waals surface area contributed by atoms with Crippen molar-refractivity contribution in [3.8, 4) is 0 Å². The molecule has 1 atom stereocenters. The second-order valence-corrected chi connectivity index (χ2v) is 9.18. The number of rotatable bonds is 4. The van der Waals surface area contributed by atoms with Gasteiger partial charge in [-0.05, 0) is 46.4 Å². The highest BCUT2D eigenvalue weighted by Crippen LogP contribution is 2.37. The van der Waals surface area contributed by atoms with Crippen molar-refractivity contribution in [2.24, 2.45) is 0 Å². The minimum atomic E-state index is -0.265. The van der Waals surface area contributed by atoms with E-state index in [-0.39, 0.29) is 30.4 Å². The summed E-state index contributed by atoms with van der Waals surface area (Å²) in [6, 6.07) is 8.05. The van der Waals surface area contributed by atoms with Gasteiger partial charge in [0.15, 0.2) is 0 Å². The van der Waals surface area contributed by atoms with Gasteiger partial charge in [0.2, 0.25) is 11.8 Å². The predicted octanol–water partition coefficient (Wildman–Crippen LogP) is 2.75. The number of nitrogens with zero attached hydrogens (tertiary/aromatic N) is 2. The molecule has 0 spiro atoms. The van der Waals surface area contributed by atoms with Crippen LogP contribution >= 0.6 is 11.8 Å². The zero-order valence-corrected chi connectivity index (χ0v) is 16.7. The van der Waals surface area contributed by atoms with Gasteiger partial charge in [-0.1, -0.05) is 19.1 Å². The van der Waals surface area contributed by atoms with E-state index in [9.17, 15) is 9.59 Å². The Balaban J connectivity index is 2.01. The number of amides is 2. The van der Waals surface area contributed by atoms with Gasteiger partial charge in [0, 0.05) is 22.2 Å². The van der Waals surface area contributed by atoms with E-state index in [2.05, 4.69) is 18.3 Å². The number of nitrogens with one attached hydrogen (secondary N) is 1. The first kappa shape index (κ1) is 19.8. The summed E-state index contributed by atoms with van der Waals surface area (Å²) in [4.78, 5) is 29.7. The lowest BCUT2D eigenvalue weighted by atomic mass is 10.1. The van der Waals surface area contributed by atoms with E-state index >= 15 is 0 Å². The van der Waals surface area contributed by atoms with Crippen molar-refractivity contribution in [1.29, 1.82) is 0 Å². The maximum atomic E-state index is 12.8. The van der Waals surface area contributed by atoms with Gasteiger partial charge >= 0.3 is 0 Å². The van der Waals surface area contributed by atoms with E-state index in [1.807, 2.05) is 55.6 Å². The summed E-state index contributed by atoms with van der Waals surface area (Å²) in [5, 5.41) is 3.41. The molecule has 1 N–H and O–H groups in total. The Bertz CT molecular complexity index is 627. The Labute approximate surface area is 155 Å². The first-order chi connectivity index (χ1) is 11.7. The quantitative estimate of drug-likeness (QED) is 0.894. The lowest BCUT2D eigenvalue weighted by Gasteiger charge is -2.26. The largest absolute Gasteiger partial charge is 0.350 e. The third-order valence-electron chi connectivity index (χ3n) is 3.88. The van der Waals surface area contributed by atoms with Crippen LogP contribution in [-0.2, 0) is 9.59 Å². The number of carbonyl (C=O) groups is 2. The van der Waals surface area contributed by atoms with Crippen molar-refractivity contribution in [3.63, 3.8) is 0 Å². The van der Waals surface area contributed by atoms with Gasteiger partial charge in [0.25, 0.3) is 0 Å². The highest BCUT2D eigenvalue weighted by molar-refractivity contribution is 8.00. The van der Waals surface area contributed by atoms with Crippen LogP contribution < -0.4 is 10.2 Å². The van der Waals surface area contributed by atoms with Crippen molar-refractivity contribution >= 4 is 29.3 Å². The van der Waals surface area contributed by atoms with Crippen LogP contribution in [0.3, 0.4) is 0 Å². The molecule has 0 radical (unpaired) electrons. The fourth-order valence-corrected chi connectivity index (χ4v) is 3.93. The van der Waals surface area contributed by atoms with Crippen molar-refractivity contribution in [2.45, 2.75) is 49.8 Å². The number of anilines is 1. The maximum Gasteiger partial charge on any atom is 0.241 e. The molecule has 1 aliphatic heterocycles. The molecule has 1 aliphatic rings. The summed E-state index contributed by atoms with van der Waals surface area (Å²) >= 11 is 1.82. The SMILES string of the molecule is C[C@@H]1CCN(C(=O)CN(C)CC(=O)NC(C)(C)C)c2ccccc2S1. The minimum Gasteiger partial charge on any atom is -0.350 e. The molecule has 0 unspecified atom stereocenters. The van der Waals surface area contributed by atoms with E-state index in [1.165, 1.54) is 0 Å². The van der Waals surface area contributed by atoms with Crippen molar-refractivity contribution in [1.82, 2.24) is 10.2 Å². The first-order valence-electron chi connectivity index (χ1n) is 8.71. The Morgan fingerprint density at radius 3 is 2.64 bits per heavy atom. The monoisotopic (exact) mass is 363 g/mol. The molecule has 2 amide bonds. The molecule has 0 aliphatic carbocycles. The molecular weight excluding hydrogens is 334 g/mol. The standard InChI is InChI=1S/C19H29N3O2S/c1-14-10-11-22(15-8-6-7-9-16(15)25-14)18(24)13-21(5)12-17(23)20-19(2,3)4/h6-9,14H,10-13H2,1-5H3,(H,20,23)/t14-/m1/s1. The number of carbonyl (C=O) groups excluding carboxylic acids is 2. The van der Waals surface area contributed by atoms with E-state index in [0.717, 1.165) is 17.0 Å². The van der Waals surface area contributed by atoms with Crippen LogP contribution in [0, 0.1) is 0 Å². The normalized spacial score (nSPS) is 17.8. The number of likely N-dealkylation sites (N-methyl/N-ethyl adjacent to an activating group) is 1. The van der Waals surface area contributed by atoms with Crippen LogP contribution in [0.2, 0.25) is 0 Å². The molecular formula is C19H29N3O2S. The number of hydrogen-bond acceptors (Lipinski definition) is 4. The predicted molar refractivity (Wildman–Crippen MR) is 104 cm³/mol. The van der Waals surface area contributed by atoms with Gasteiger partial charge in [-0.25, -0.2) is 0 Å². The van der Waals surface area contributed by atoms with E-state index in [1.54, 1.807) is 11.9 Å². The zero-order chi connectivity index (χ0) is 18.6. The van der Waals surface area contributed by atoms with Gasteiger partial charge < -0.3 is 10.2 Å². The Morgan fingerprint density at radius 1 is 1.28 bits per heavy atom. The van der Waals surface area contributed by atoms with Gasteiger partial charge in [-0.15, -0.1) is 11.8 Å². The fraction of sp³-hybridized carbons (Fsp3) is 0.579. The molecule has 0 saturated carbocycles. The van der Waals surface area contributed by atoms with Crippen molar-refractivity contribution in [3.05, 3.63) is 24.3 Å². The molecule has 25 heavy (non-hydrogen) atoms. The Kier molecular flexibility index (Phi) is 6.52. The number of para-hydroxylation sites is 1. The van der Waals surface area contributed by atoms with Gasteiger partial charge in [0.05, 0.1) is 18.8 Å². The van der Waals surface area contributed by atoms with Crippen LogP contribution in [0.15, 0.2) is 29.2 Å². The Hall–Kier alpha value is -1.53. The van der Waals surface area contributed by atoms with Crippen LogP contribution in [-0.4, -0.2) is 54.2 Å². The number of thioether (sulfide) groups is 1. The van der Waals surface area contributed by atoms with Gasteiger partial charge in [-0.3, -0.25) is 14.5 Å². The summed E-state index contributed by atoms with van der Waals surface area (Å²) in [7, 11) is 1.81. The van der Waals surface area contributed by atoms with Gasteiger partial charge in [0.1, 0.15) is 0 Å². The first-order valence-corrected chi connectivity index (χ1v) is 9.59. The number of benzene rings is 1. The average molecular weight is 364 g/mol. The number of hydrogen-bond donors (Lipinski definition) is 1. The lowest BCUT2D eigenvalue weighted by molar-refractivity contribution is -0.124. The Morgan fingerprint density at radius 2 is 1.96 bits per heavy atom. The molecule has 138 valence electrons. The van der Waals surface area contributed by atoms with E-state index in [0.29, 0.717) is 11.8 Å². The highest BCUT2D eigenvalue weighted by atomic mass is 32.2. The molecule has 2 rings (SSSR count). The summed E-state index contributed by atoms with van der Waals surface area (Å²) in [5.74, 6) is -0.0311. The zero-order valence-electron chi connectivity index (χ0n) is 15.8. The molecule has 1 aromatic rings. The minimum absolute atomic E-state index is 0.0354. The van der Waals surface area contributed by atoms with Crippen LogP contribution in [0.4, 0.5) is 5.69 Å². The van der Waals surface area contributed by atoms with Gasteiger partial charge in [-0.2, -0.15) is 0 Å². The molecule has 1 aromatic carbocycles. The molecule has 1 heterocycles. The summed E-state index contributed by atoms with van der Waals surface area (Å²) in [6.45, 7) is 9.19. The topological polar surface area (TPSA) is 52.7 Å². The smallest absolute Gasteiger partial charge is 0.241 e. The van der Waals surface area contributed by atoms with E-state index < -0.39 is 0 Å². The second-order valence-electron chi connectivity index (χ2n) is 7.70. The second kappa shape index (κ2) is 8.23. The highest BCUT2D eigenvalue weighted by Gasteiger charge is 2.25. The summed E-state index contributed by atoms with van der Waals surface area (Å²) in [5.41, 5.74) is 0.716.